The molecule has 0 bridgehead atoms. The zero-order valence-electron chi connectivity index (χ0n) is 11.7. The summed E-state index contributed by atoms with van der Waals surface area (Å²) in [6.07, 6.45) is 1.66. The van der Waals surface area contributed by atoms with Crippen molar-refractivity contribution in [3.8, 4) is 11.5 Å². The third kappa shape index (κ3) is 2.99. The molecule has 20 heavy (non-hydrogen) atoms. The summed E-state index contributed by atoms with van der Waals surface area (Å²) < 4.78 is 23.7. The summed E-state index contributed by atoms with van der Waals surface area (Å²) in [7, 11) is 3.16. The first-order valence-corrected chi connectivity index (χ1v) is 6.21. The summed E-state index contributed by atoms with van der Waals surface area (Å²) >= 11 is 0. The summed E-state index contributed by atoms with van der Waals surface area (Å²) in [6.45, 7) is 2.19. The molecule has 0 aliphatic heterocycles. The third-order valence-corrected chi connectivity index (χ3v) is 2.98. The summed E-state index contributed by atoms with van der Waals surface area (Å²) in [4.78, 5) is 4.27. The van der Waals surface area contributed by atoms with Crippen LogP contribution in [0, 0.1) is 12.7 Å². The van der Waals surface area contributed by atoms with Crippen LogP contribution in [0.5, 0.6) is 11.5 Å². The van der Waals surface area contributed by atoms with Gasteiger partial charge in [0.1, 0.15) is 11.5 Å². The number of nitrogens with zero attached hydrogens (tertiary/aromatic N) is 1. The highest BCUT2D eigenvalue weighted by Crippen LogP contribution is 2.29. The number of methoxy groups -OCH3 is 2. The second-order valence-corrected chi connectivity index (χ2v) is 4.31. The summed E-state index contributed by atoms with van der Waals surface area (Å²) in [6, 6.07) is 6.62. The highest BCUT2D eigenvalue weighted by atomic mass is 19.1. The van der Waals surface area contributed by atoms with Crippen LogP contribution in [-0.2, 0) is 6.54 Å². The number of hydrogen-bond donors (Lipinski definition) is 1. The highest BCUT2D eigenvalue weighted by molar-refractivity contribution is 5.48. The molecule has 1 aromatic heterocycles. The number of anilines is 1. The normalized spacial score (nSPS) is 10.2. The highest BCUT2D eigenvalue weighted by Gasteiger charge is 2.10. The van der Waals surface area contributed by atoms with Crippen molar-refractivity contribution in [3.05, 3.63) is 47.5 Å². The van der Waals surface area contributed by atoms with Gasteiger partial charge in [0.2, 0.25) is 0 Å². The number of pyridine rings is 1. The molecule has 0 atom stereocenters. The van der Waals surface area contributed by atoms with Crippen LogP contribution in [0.2, 0.25) is 0 Å². The summed E-state index contributed by atoms with van der Waals surface area (Å²) in [5.74, 6) is 1.02. The first-order chi connectivity index (χ1) is 9.65. The Bertz CT molecular complexity index is 602. The molecule has 2 rings (SSSR count). The molecule has 1 N–H and O–H groups in total. The van der Waals surface area contributed by atoms with Crippen molar-refractivity contribution in [2.45, 2.75) is 13.5 Å². The van der Waals surface area contributed by atoms with Crippen LogP contribution in [0.3, 0.4) is 0 Å². The largest absolute Gasteiger partial charge is 0.493 e. The molecule has 0 spiro atoms. The van der Waals surface area contributed by atoms with E-state index in [9.17, 15) is 4.39 Å². The zero-order chi connectivity index (χ0) is 14.5. The van der Waals surface area contributed by atoms with Crippen molar-refractivity contribution >= 4 is 5.69 Å². The van der Waals surface area contributed by atoms with Gasteiger partial charge < -0.3 is 14.8 Å². The van der Waals surface area contributed by atoms with Crippen LogP contribution in [0.15, 0.2) is 30.5 Å². The van der Waals surface area contributed by atoms with Gasteiger partial charge in [0.05, 0.1) is 20.8 Å². The second-order valence-electron chi connectivity index (χ2n) is 4.31. The third-order valence-electron chi connectivity index (χ3n) is 2.98. The zero-order valence-corrected chi connectivity index (χ0v) is 11.7. The van der Waals surface area contributed by atoms with E-state index in [0.717, 1.165) is 11.4 Å². The lowest BCUT2D eigenvalue weighted by molar-refractivity contribution is 0.350. The average molecular weight is 276 g/mol. The lowest BCUT2D eigenvalue weighted by Crippen LogP contribution is -2.05. The van der Waals surface area contributed by atoms with Gasteiger partial charge in [-0.25, -0.2) is 4.39 Å². The second kappa shape index (κ2) is 6.23. The van der Waals surface area contributed by atoms with Gasteiger partial charge in [-0.2, -0.15) is 0 Å². The molecule has 0 unspecified atom stereocenters. The number of aromatic nitrogens is 1. The molecule has 0 radical (unpaired) electrons. The SMILES string of the molecule is COc1ccnc(CNc2ccc(F)c(C)c2)c1OC. The number of hydrogen-bond acceptors (Lipinski definition) is 4. The summed E-state index contributed by atoms with van der Waals surface area (Å²) in [5, 5.41) is 3.19. The lowest BCUT2D eigenvalue weighted by atomic mass is 10.2. The molecule has 1 heterocycles. The van der Waals surface area contributed by atoms with Crippen molar-refractivity contribution in [1.82, 2.24) is 4.98 Å². The van der Waals surface area contributed by atoms with Gasteiger partial charge in [-0.3, -0.25) is 4.98 Å². The lowest BCUT2D eigenvalue weighted by Gasteiger charge is -2.13. The predicted octanol–water partition coefficient (Wildman–Crippen LogP) is 3.16. The van der Waals surface area contributed by atoms with Crippen molar-refractivity contribution < 1.29 is 13.9 Å². The van der Waals surface area contributed by atoms with Gasteiger partial charge in [0, 0.05) is 18.0 Å². The molecule has 0 amide bonds. The first kappa shape index (κ1) is 14.1. The molecule has 2 aromatic rings. The standard InChI is InChI=1S/C15H17FN2O2/c1-10-8-11(4-5-12(10)16)18-9-13-15(20-3)14(19-2)6-7-17-13/h4-8,18H,9H2,1-3H3. The number of ether oxygens (including phenoxy) is 2. The van der Waals surface area contributed by atoms with Crippen LogP contribution in [0.25, 0.3) is 0 Å². The van der Waals surface area contributed by atoms with Crippen LogP contribution in [0.1, 0.15) is 11.3 Å². The molecule has 0 aliphatic carbocycles. The van der Waals surface area contributed by atoms with E-state index in [1.807, 2.05) is 0 Å². The number of halogens is 1. The van der Waals surface area contributed by atoms with Gasteiger partial charge in [-0.15, -0.1) is 0 Å². The number of rotatable bonds is 5. The Morgan fingerprint density at radius 2 is 2.00 bits per heavy atom. The Hall–Kier alpha value is -2.30. The monoisotopic (exact) mass is 276 g/mol. The molecule has 1 aromatic carbocycles. The van der Waals surface area contributed by atoms with E-state index >= 15 is 0 Å². The van der Waals surface area contributed by atoms with Gasteiger partial charge in [-0.1, -0.05) is 0 Å². The van der Waals surface area contributed by atoms with Crippen molar-refractivity contribution in [1.29, 1.82) is 0 Å². The van der Waals surface area contributed by atoms with Crippen LogP contribution < -0.4 is 14.8 Å². The predicted molar refractivity (Wildman–Crippen MR) is 75.8 cm³/mol. The molecule has 0 saturated heterocycles. The molecule has 0 fully saturated rings. The molecular formula is C15H17FN2O2. The topological polar surface area (TPSA) is 43.4 Å². The molecule has 0 saturated carbocycles. The number of nitrogens with one attached hydrogen (secondary N) is 1. The minimum atomic E-state index is -0.215. The van der Waals surface area contributed by atoms with Crippen molar-refractivity contribution in [2.24, 2.45) is 0 Å². The maximum absolute atomic E-state index is 13.2. The van der Waals surface area contributed by atoms with E-state index in [-0.39, 0.29) is 5.82 Å². The Labute approximate surface area is 117 Å². The van der Waals surface area contributed by atoms with Crippen molar-refractivity contribution in [3.63, 3.8) is 0 Å². The van der Waals surface area contributed by atoms with Crippen molar-refractivity contribution in [2.75, 3.05) is 19.5 Å². The van der Waals surface area contributed by atoms with Gasteiger partial charge in [0.15, 0.2) is 11.5 Å². The molecular weight excluding hydrogens is 259 g/mol. The van der Waals surface area contributed by atoms with Crippen LogP contribution in [0.4, 0.5) is 10.1 Å². The van der Waals surface area contributed by atoms with E-state index in [2.05, 4.69) is 10.3 Å². The Morgan fingerprint density at radius 3 is 2.65 bits per heavy atom. The summed E-state index contributed by atoms with van der Waals surface area (Å²) in [5.41, 5.74) is 2.16. The molecule has 0 aliphatic rings. The maximum atomic E-state index is 13.2. The van der Waals surface area contributed by atoms with E-state index in [0.29, 0.717) is 23.6 Å². The fraction of sp³-hybridized carbons (Fsp3) is 0.267. The Balaban J connectivity index is 2.16. The fourth-order valence-corrected chi connectivity index (χ4v) is 1.92. The fourth-order valence-electron chi connectivity index (χ4n) is 1.92. The van der Waals surface area contributed by atoms with E-state index in [1.54, 1.807) is 45.5 Å². The minimum absolute atomic E-state index is 0.215. The van der Waals surface area contributed by atoms with Gasteiger partial charge in [0.25, 0.3) is 0 Å². The minimum Gasteiger partial charge on any atom is -0.493 e. The van der Waals surface area contributed by atoms with Gasteiger partial charge in [-0.05, 0) is 30.7 Å². The quantitative estimate of drug-likeness (QED) is 0.911. The smallest absolute Gasteiger partial charge is 0.184 e. The van der Waals surface area contributed by atoms with Crippen LogP contribution in [-0.4, -0.2) is 19.2 Å². The average Bonchev–Trinajstić information content (AvgIpc) is 2.47. The first-order valence-electron chi connectivity index (χ1n) is 6.21. The van der Waals surface area contributed by atoms with Gasteiger partial charge >= 0.3 is 0 Å². The molecule has 106 valence electrons. The van der Waals surface area contributed by atoms with E-state index in [4.69, 9.17) is 9.47 Å². The van der Waals surface area contributed by atoms with E-state index < -0.39 is 0 Å². The molecule has 5 heteroatoms. The Morgan fingerprint density at radius 1 is 1.20 bits per heavy atom. The number of aryl methyl sites for hydroxylation is 1. The molecule has 4 nitrogen and oxygen atoms in total. The Kier molecular flexibility index (Phi) is 4.40. The van der Waals surface area contributed by atoms with E-state index in [1.165, 1.54) is 6.07 Å². The number of benzene rings is 1. The maximum Gasteiger partial charge on any atom is 0.184 e. The van der Waals surface area contributed by atoms with Crippen LogP contribution >= 0.6 is 0 Å².